The van der Waals surface area contributed by atoms with Gasteiger partial charge < -0.3 is 0 Å². The summed E-state index contributed by atoms with van der Waals surface area (Å²) in [6.07, 6.45) is 12.5. The van der Waals surface area contributed by atoms with Crippen LogP contribution >= 0.6 is 0 Å². The van der Waals surface area contributed by atoms with Gasteiger partial charge in [0.2, 0.25) is 0 Å². The molecular formula is C24H24. The van der Waals surface area contributed by atoms with E-state index in [0.29, 0.717) is 5.92 Å². The molecule has 0 heteroatoms. The van der Waals surface area contributed by atoms with Gasteiger partial charge in [0.15, 0.2) is 0 Å². The van der Waals surface area contributed by atoms with Crippen LogP contribution in [0.2, 0.25) is 0 Å². The molecule has 0 spiro atoms. The minimum atomic E-state index is 0.587. The molecule has 2 aliphatic carbocycles. The van der Waals surface area contributed by atoms with Crippen LogP contribution in [0.1, 0.15) is 41.5 Å². The van der Waals surface area contributed by atoms with Gasteiger partial charge in [-0.2, -0.15) is 0 Å². The van der Waals surface area contributed by atoms with Gasteiger partial charge in [0.25, 0.3) is 0 Å². The first-order chi connectivity index (χ1) is 11.9. The molecule has 0 fully saturated rings. The van der Waals surface area contributed by atoms with Crippen molar-refractivity contribution in [3.63, 3.8) is 0 Å². The van der Waals surface area contributed by atoms with Crippen molar-refractivity contribution in [3.8, 4) is 0 Å². The van der Waals surface area contributed by atoms with Gasteiger partial charge in [0.1, 0.15) is 0 Å². The Morgan fingerprint density at radius 3 is 2.33 bits per heavy atom. The molecule has 0 saturated heterocycles. The van der Waals surface area contributed by atoms with Crippen molar-refractivity contribution in [1.29, 1.82) is 0 Å². The van der Waals surface area contributed by atoms with Crippen molar-refractivity contribution in [2.24, 2.45) is 5.92 Å². The Labute approximate surface area is 145 Å². The van der Waals surface area contributed by atoms with Crippen LogP contribution in [0.4, 0.5) is 0 Å². The molecule has 4 rings (SSSR count). The monoisotopic (exact) mass is 312 g/mol. The van der Waals surface area contributed by atoms with E-state index < -0.39 is 0 Å². The molecule has 2 aromatic rings. The minimum Gasteiger partial charge on any atom is -0.103 e. The van der Waals surface area contributed by atoms with Gasteiger partial charge in [-0.25, -0.2) is 0 Å². The number of rotatable bonds is 6. The first-order valence-electron chi connectivity index (χ1n) is 9.03. The maximum atomic E-state index is 3.94. The van der Waals surface area contributed by atoms with Crippen LogP contribution in [0.3, 0.4) is 0 Å². The summed E-state index contributed by atoms with van der Waals surface area (Å²) in [5.41, 5.74) is 8.99. The largest absolute Gasteiger partial charge is 0.103 e. The zero-order valence-corrected chi connectivity index (χ0v) is 14.2. The highest BCUT2D eigenvalue weighted by Crippen LogP contribution is 2.41. The van der Waals surface area contributed by atoms with Crippen molar-refractivity contribution in [3.05, 3.63) is 95.6 Å². The van der Waals surface area contributed by atoms with Gasteiger partial charge in [-0.05, 0) is 71.4 Å². The van der Waals surface area contributed by atoms with Crippen LogP contribution in [0, 0.1) is 5.92 Å². The predicted octanol–water partition coefficient (Wildman–Crippen LogP) is 6.24. The SMILES string of the molecule is C=CCCC(CC1=CCc2ccccc21)C1=CCc2ccccc21. The third kappa shape index (κ3) is 2.78. The Kier molecular flexibility index (Phi) is 4.21. The normalized spacial score (nSPS) is 16.2. The Morgan fingerprint density at radius 1 is 0.875 bits per heavy atom. The highest BCUT2D eigenvalue weighted by atomic mass is 14.3. The van der Waals surface area contributed by atoms with E-state index in [1.807, 2.05) is 0 Å². The Bertz CT molecular complexity index is 819. The molecule has 0 nitrogen and oxygen atoms in total. The van der Waals surface area contributed by atoms with Gasteiger partial charge in [-0.3, -0.25) is 0 Å². The molecule has 0 aliphatic heterocycles. The van der Waals surface area contributed by atoms with Crippen LogP contribution in [-0.4, -0.2) is 0 Å². The lowest BCUT2D eigenvalue weighted by molar-refractivity contribution is 0.632. The summed E-state index contributed by atoms with van der Waals surface area (Å²) in [6, 6.07) is 17.8. The topological polar surface area (TPSA) is 0 Å². The van der Waals surface area contributed by atoms with E-state index in [9.17, 15) is 0 Å². The molecule has 0 N–H and O–H groups in total. The molecule has 0 aromatic heterocycles. The van der Waals surface area contributed by atoms with Gasteiger partial charge in [0, 0.05) is 0 Å². The summed E-state index contributed by atoms with van der Waals surface area (Å²) in [7, 11) is 0. The molecule has 0 saturated carbocycles. The fourth-order valence-corrected chi connectivity index (χ4v) is 4.20. The molecular weight excluding hydrogens is 288 g/mol. The summed E-state index contributed by atoms with van der Waals surface area (Å²) in [4.78, 5) is 0. The molecule has 0 amide bonds. The first-order valence-corrected chi connectivity index (χ1v) is 9.03. The smallest absolute Gasteiger partial charge is 0.00853 e. The molecule has 24 heavy (non-hydrogen) atoms. The zero-order chi connectivity index (χ0) is 16.4. The van der Waals surface area contributed by atoms with E-state index in [-0.39, 0.29) is 0 Å². The number of fused-ring (bicyclic) bond motifs is 2. The average Bonchev–Trinajstić information content (AvgIpc) is 3.23. The van der Waals surface area contributed by atoms with Gasteiger partial charge in [-0.1, -0.05) is 66.8 Å². The molecule has 1 unspecified atom stereocenters. The lowest BCUT2D eigenvalue weighted by atomic mass is 9.84. The van der Waals surface area contributed by atoms with E-state index >= 15 is 0 Å². The maximum absolute atomic E-state index is 3.94. The quantitative estimate of drug-likeness (QED) is 0.554. The molecule has 2 aromatic carbocycles. The first kappa shape index (κ1) is 15.2. The molecule has 2 aliphatic rings. The fourth-order valence-electron chi connectivity index (χ4n) is 4.20. The summed E-state index contributed by atoms with van der Waals surface area (Å²) >= 11 is 0. The predicted molar refractivity (Wildman–Crippen MR) is 104 cm³/mol. The Hall–Kier alpha value is -2.34. The van der Waals surface area contributed by atoms with Crippen LogP contribution in [0.25, 0.3) is 11.1 Å². The third-order valence-corrected chi connectivity index (χ3v) is 5.43. The third-order valence-electron chi connectivity index (χ3n) is 5.43. The van der Waals surface area contributed by atoms with Gasteiger partial charge in [0.05, 0.1) is 0 Å². The second-order valence-corrected chi connectivity index (χ2v) is 6.88. The van der Waals surface area contributed by atoms with Crippen molar-refractivity contribution in [2.75, 3.05) is 0 Å². The van der Waals surface area contributed by atoms with Crippen LogP contribution in [0.5, 0.6) is 0 Å². The molecule has 0 bridgehead atoms. The second-order valence-electron chi connectivity index (χ2n) is 6.88. The minimum absolute atomic E-state index is 0.587. The zero-order valence-electron chi connectivity index (χ0n) is 14.2. The summed E-state index contributed by atoms with van der Waals surface area (Å²) in [5, 5.41) is 0. The van der Waals surface area contributed by atoms with Crippen LogP contribution in [-0.2, 0) is 12.8 Å². The molecule has 120 valence electrons. The molecule has 0 heterocycles. The summed E-state index contributed by atoms with van der Waals surface area (Å²) < 4.78 is 0. The summed E-state index contributed by atoms with van der Waals surface area (Å²) in [6.45, 7) is 3.94. The van der Waals surface area contributed by atoms with Crippen molar-refractivity contribution >= 4 is 11.1 Å². The van der Waals surface area contributed by atoms with Gasteiger partial charge in [-0.15, -0.1) is 6.58 Å². The van der Waals surface area contributed by atoms with E-state index in [4.69, 9.17) is 0 Å². The number of allylic oxidation sites excluding steroid dienone is 5. The standard InChI is InChI=1S/C24H24/c1-2-3-8-20(24-16-15-19-10-5-7-12-23(19)24)17-21-14-13-18-9-4-6-11-22(18)21/h2,4-7,9-12,14,16,20H,1,3,8,13,15,17H2. The Balaban J connectivity index is 1.61. The Morgan fingerprint density at radius 2 is 1.54 bits per heavy atom. The highest BCUT2D eigenvalue weighted by Gasteiger charge is 2.24. The van der Waals surface area contributed by atoms with Gasteiger partial charge >= 0.3 is 0 Å². The van der Waals surface area contributed by atoms with E-state index in [1.54, 1.807) is 5.57 Å². The average molecular weight is 312 g/mol. The number of hydrogen-bond acceptors (Lipinski definition) is 0. The van der Waals surface area contributed by atoms with Crippen molar-refractivity contribution in [2.45, 2.75) is 32.1 Å². The maximum Gasteiger partial charge on any atom is -0.00853 e. The molecule has 0 radical (unpaired) electrons. The molecule has 1 atom stereocenters. The van der Waals surface area contributed by atoms with Crippen molar-refractivity contribution in [1.82, 2.24) is 0 Å². The highest BCUT2D eigenvalue weighted by molar-refractivity contribution is 5.79. The number of hydrogen-bond donors (Lipinski definition) is 0. The lowest BCUT2D eigenvalue weighted by Gasteiger charge is -2.20. The van der Waals surface area contributed by atoms with E-state index in [1.165, 1.54) is 34.2 Å². The van der Waals surface area contributed by atoms with Crippen LogP contribution in [0.15, 0.2) is 73.3 Å². The fraction of sp³-hybridized carbons (Fsp3) is 0.250. The number of benzene rings is 2. The lowest BCUT2D eigenvalue weighted by Crippen LogP contribution is -2.04. The summed E-state index contributed by atoms with van der Waals surface area (Å²) in [5.74, 6) is 0.587. The van der Waals surface area contributed by atoms with E-state index in [0.717, 1.165) is 25.7 Å². The van der Waals surface area contributed by atoms with Crippen molar-refractivity contribution < 1.29 is 0 Å². The van der Waals surface area contributed by atoms with E-state index in [2.05, 4.69) is 73.3 Å². The second kappa shape index (κ2) is 6.65. The van der Waals surface area contributed by atoms with Crippen LogP contribution < -0.4 is 0 Å².